The average Bonchev–Trinajstić information content (AvgIpc) is 3.61. The maximum absolute atomic E-state index is 8.96. The molecule has 1 aromatic carbocycles. The Bertz CT molecular complexity index is 1170. The van der Waals surface area contributed by atoms with Crippen LogP contribution >= 0.6 is 0 Å². The fourth-order valence-electron chi connectivity index (χ4n) is 3.85. The molecule has 0 bridgehead atoms. The van der Waals surface area contributed by atoms with Crippen molar-refractivity contribution in [2.45, 2.75) is 32.3 Å². The SMILES string of the molecule is CC(C#N)CN=C(C=N)N1CCN(c2cc(C(=N)c3cc(OC4(C)CC4)ccc3N)ncn2)CC1. The molecule has 4 rings (SSSR count). The average molecular weight is 474 g/mol. The summed E-state index contributed by atoms with van der Waals surface area (Å²) in [5.41, 5.74) is 7.88. The van der Waals surface area contributed by atoms with Gasteiger partial charge < -0.3 is 25.7 Å². The first kappa shape index (κ1) is 24.1. The number of nitrogens with two attached hydrogens (primary N) is 1. The molecule has 0 radical (unpaired) electrons. The van der Waals surface area contributed by atoms with Crippen LogP contribution in [0.5, 0.6) is 5.75 Å². The smallest absolute Gasteiger partial charge is 0.141 e. The maximum atomic E-state index is 8.96. The number of aromatic nitrogens is 2. The summed E-state index contributed by atoms with van der Waals surface area (Å²) in [6, 6.07) is 9.40. The summed E-state index contributed by atoms with van der Waals surface area (Å²) in [5.74, 6) is 1.85. The number of benzene rings is 1. The van der Waals surface area contributed by atoms with Gasteiger partial charge in [-0.15, -0.1) is 0 Å². The van der Waals surface area contributed by atoms with Crippen LogP contribution in [0.15, 0.2) is 35.6 Å². The van der Waals surface area contributed by atoms with Gasteiger partial charge in [0.2, 0.25) is 0 Å². The molecule has 1 aromatic heterocycles. The second-order valence-corrected chi connectivity index (χ2v) is 9.28. The van der Waals surface area contributed by atoms with Crippen LogP contribution in [-0.2, 0) is 0 Å². The molecule has 2 aliphatic rings. The minimum Gasteiger partial charge on any atom is -0.488 e. The van der Waals surface area contributed by atoms with Gasteiger partial charge in [0.25, 0.3) is 0 Å². The summed E-state index contributed by atoms with van der Waals surface area (Å²) in [5, 5.41) is 25.4. The Morgan fingerprint density at radius 2 is 2.03 bits per heavy atom. The number of nitrogens with one attached hydrogen (secondary N) is 2. The van der Waals surface area contributed by atoms with Crippen molar-refractivity contribution in [3.63, 3.8) is 0 Å². The normalized spacial score (nSPS) is 17.9. The number of aliphatic imine (C=N–C) groups is 1. The van der Waals surface area contributed by atoms with Gasteiger partial charge >= 0.3 is 0 Å². The lowest BCUT2D eigenvalue weighted by atomic mass is 10.0. The van der Waals surface area contributed by atoms with E-state index in [0.29, 0.717) is 61.3 Å². The molecular weight excluding hydrogens is 442 g/mol. The van der Waals surface area contributed by atoms with E-state index in [1.165, 1.54) is 12.5 Å². The zero-order chi connectivity index (χ0) is 25.0. The summed E-state index contributed by atoms with van der Waals surface area (Å²) in [6.07, 6.45) is 4.77. The molecule has 2 fully saturated rings. The van der Waals surface area contributed by atoms with E-state index in [9.17, 15) is 0 Å². The van der Waals surface area contributed by atoms with E-state index in [1.807, 2.05) is 30.0 Å². The molecule has 1 aliphatic heterocycles. The van der Waals surface area contributed by atoms with E-state index >= 15 is 0 Å². The summed E-state index contributed by atoms with van der Waals surface area (Å²) < 4.78 is 6.05. The minimum atomic E-state index is -0.181. The minimum absolute atomic E-state index is 0.115. The van der Waals surface area contributed by atoms with Crippen molar-refractivity contribution < 1.29 is 4.74 Å². The van der Waals surface area contributed by atoms with Crippen molar-refractivity contribution in [2.75, 3.05) is 43.4 Å². The van der Waals surface area contributed by atoms with Crippen LogP contribution in [-0.4, -0.2) is 71.0 Å². The van der Waals surface area contributed by atoms with E-state index < -0.39 is 0 Å². The van der Waals surface area contributed by atoms with Gasteiger partial charge in [0.1, 0.15) is 29.3 Å². The Kier molecular flexibility index (Phi) is 6.96. The third kappa shape index (κ3) is 5.74. The topological polar surface area (TPSA) is 151 Å². The van der Waals surface area contributed by atoms with Gasteiger partial charge in [-0.25, -0.2) is 9.97 Å². The molecule has 1 atom stereocenters. The van der Waals surface area contributed by atoms with Crippen LogP contribution in [0.3, 0.4) is 0 Å². The number of piperazine rings is 1. The number of nitriles is 1. The summed E-state index contributed by atoms with van der Waals surface area (Å²) in [4.78, 5) is 17.4. The van der Waals surface area contributed by atoms with Gasteiger partial charge in [-0.05, 0) is 44.9 Å². The van der Waals surface area contributed by atoms with Gasteiger partial charge in [0.15, 0.2) is 0 Å². The van der Waals surface area contributed by atoms with Gasteiger partial charge in [-0.1, -0.05) is 0 Å². The number of ether oxygens (including phenoxy) is 1. The number of nitrogen functional groups attached to an aromatic ring is 1. The molecule has 0 spiro atoms. The highest BCUT2D eigenvalue weighted by molar-refractivity contribution is 6.28. The monoisotopic (exact) mass is 473 g/mol. The molecule has 1 saturated heterocycles. The van der Waals surface area contributed by atoms with Crippen molar-refractivity contribution in [1.82, 2.24) is 14.9 Å². The number of rotatable bonds is 8. The predicted molar refractivity (Wildman–Crippen MR) is 137 cm³/mol. The fraction of sp³-hybridized carbons (Fsp3) is 0.440. The molecule has 0 amide bonds. The first-order valence-corrected chi connectivity index (χ1v) is 11.8. The van der Waals surface area contributed by atoms with Gasteiger partial charge in [-0.2, -0.15) is 5.26 Å². The second-order valence-electron chi connectivity index (χ2n) is 9.28. The van der Waals surface area contributed by atoms with Crippen LogP contribution in [0, 0.1) is 28.1 Å². The second kappa shape index (κ2) is 10.1. The summed E-state index contributed by atoms with van der Waals surface area (Å²) in [6.45, 7) is 7.01. The Labute approximate surface area is 205 Å². The molecule has 4 N–H and O–H groups in total. The van der Waals surface area contributed by atoms with Crippen LogP contribution in [0.4, 0.5) is 11.5 Å². The Balaban J connectivity index is 1.44. The Morgan fingerprint density at radius 1 is 1.29 bits per heavy atom. The number of nitrogens with zero attached hydrogens (tertiary/aromatic N) is 6. The number of amidine groups is 1. The van der Waals surface area contributed by atoms with E-state index in [4.69, 9.17) is 26.6 Å². The van der Waals surface area contributed by atoms with Crippen LogP contribution < -0.4 is 15.4 Å². The maximum Gasteiger partial charge on any atom is 0.141 e. The largest absolute Gasteiger partial charge is 0.488 e. The zero-order valence-electron chi connectivity index (χ0n) is 20.2. The van der Waals surface area contributed by atoms with Crippen LogP contribution in [0.25, 0.3) is 0 Å². The first-order chi connectivity index (χ1) is 16.8. The molecule has 2 aromatic rings. The molecule has 35 heavy (non-hydrogen) atoms. The van der Waals surface area contributed by atoms with E-state index in [0.717, 1.165) is 18.7 Å². The van der Waals surface area contributed by atoms with Crippen LogP contribution in [0.2, 0.25) is 0 Å². The van der Waals surface area contributed by atoms with Crippen molar-refractivity contribution in [3.05, 3.63) is 41.9 Å². The van der Waals surface area contributed by atoms with E-state index in [2.05, 4.69) is 32.9 Å². The highest BCUT2D eigenvalue weighted by atomic mass is 16.5. The third-order valence-corrected chi connectivity index (χ3v) is 6.33. The van der Waals surface area contributed by atoms with E-state index in [-0.39, 0.29) is 17.2 Å². The molecule has 2 heterocycles. The predicted octanol–water partition coefficient (Wildman–Crippen LogP) is 2.74. The summed E-state index contributed by atoms with van der Waals surface area (Å²) >= 11 is 0. The highest BCUT2D eigenvalue weighted by Gasteiger charge is 2.40. The molecule has 10 heteroatoms. The van der Waals surface area contributed by atoms with Crippen molar-refractivity contribution in [3.8, 4) is 11.8 Å². The first-order valence-electron chi connectivity index (χ1n) is 11.8. The third-order valence-electron chi connectivity index (χ3n) is 6.33. The lowest BCUT2D eigenvalue weighted by Gasteiger charge is -2.36. The zero-order valence-corrected chi connectivity index (χ0v) is 20.2. The molecule has 10 nitrogen and oxygen atoms in total. The highest BCUT2D eigenvalue weighted by Crippen LogP contribution is 2.40. The molecule has 182 valence electrons. The van der Waals surface area contributed by atoms with Crippen molar-refractivity contribution in [2.24, 2.45) is 10.9 Å². The Hall–Kier alpha value is -4.00. The Morgan fingerprint density at radius 3 is 2.69 bits per heavy atom. The van der Waals surface area contributed by atoms with Crippen molar-refractivity contribution in [1.29, 1.82) is 16.1 Å². The molecule has 1 saturated carbocycles. The van der Waals surface area contributed by atoms with Gasteiger partial charge in [0.05, 0.1) is 36.2 Å². The van der Waals surface area contributed by atoms with E-state index in [1.54, 1.807) is 6.07 Å². The van der Waals surface area contributed by atoms with Crippen LogP contribution in [0.1, 0.15) is 37.9 Å². The molecular formula is C25H31N9O. The fourth-order valence-corrected chi connectivity index (χ4v) is 3.85. The van der Waals surface area contributed by atoms with Crippen molar-refractivity contribution >= 4 is 29.3 Å². The summed E-state index contributed by atoms with van der Waals surface area (Å²) in [7, 11) is 0. The lowest BCUT2D eigenvalue weighted by Crippen LogP contribution is -2.49. The standard InChI is InChI=1S/C25H31N9O/c1-17(13-26)15-30-23(14-27)34-9-7-33(8-10-34)22-12-21(31-16-32-22)24(29)19-11-18(3-4-20(19)28)35-25(2)5-6-25/h3-4,11-12,14,16-17,27,29H,5-10,15,28H2,1-2H3. The molecule has 1 aliphatic carbocycles. The quantitative estimate of drug-likeness (QED) is 0.303. The number of hydrogen-bond donors (Lipinski definition) is 3. The van der Waals surface area contributed by atoms with Gasteiger partial charge in [0, 0.05) is 43.5 Å². The van der Waals surface area contributed by atoms with Gasteiger partial charge in [-0.3, -0.25) is 10.4 Å². The molecule has 1 unspecified atom stereocenters. The number of hydrogen-bond acceptors (Lipinski definition) is 9. The lowest BCUT2D eigenvalue weighted by molar-refractivity contribution is 0.200. The number of anilines is 2.